The van der Waals surface area contributed by atoms with E-state index in [0.29, 0.717) is 19.8 Å². The second kappa shape index (κ2) is 9.38. The topological polar surface area (TPSA) is 27.7 Å². The fraction of sp³-hybridized carbons (Fsp3) is 0.429. The first-order chi connectivity index (χ1) is 9.61. The van der Waals surface area contributed by atoms with Crippen molar-refractivity contribution in [2.24, 2.45) is 0 Å². The van der Waals surface area contributed by atoms with E-state index in [1.54, 1.807) is 0 Å². The fourth-order valence-electron chi connectivity index (χ4n) is 1.73. The summed E-state index contributed by atoms with van der Waals surface area (Å²) < 4.78 is 19.6. The quantitative estimate of drug-likeness (QED) is 0.516. The average molecular weight is 469 g/mol. The zero-order chi connectivity index (χ0) is 15.0. The Morgan fingerprint density at radius 3 is 1.75 bits per heavy atom. The van der Waals surface area contributed by atoms with Gasteiger partial charge < -0.3 is 0 Å². The van der Waals surface area contributed by atoms with Crippen molar-refractivity contribution in [3.05, 3.63) is 39.2 Å². The van der Waals surface area contributed by atoms with Gasteiger partial charge in [-0.15, -0.1) is 0 Å². The summed E-state index contributed by atoms with van der Waals surface area (Å²) in [6, 6.07) is 10.0. The summed E-state index contributed by atoms with van der Waals surface area (Å²) in [5.74, 6) is 0. The van der Waals surface area contributed by atoms with E-state index in [2.05, 4.69) is 31.9 Å². The summed E-state index contributed by atoms with van der Waals surface area (Å²) in [4.78, 5) is 0. The molecule has 0 saturated heterocycles. The number of halogens is 2. The predicted octanol–water partition coefficient (Wildman–Crippen LogP) is 4.73. The Morgan fingerprint density at radius 1 is 0.900 bits per heavy atom. The Bertz CT molecular complexity index is 420. The summed E-state index contributed by atoms with van der Waals surface area (Å²) in [6.45, 7) is 7.54. The summed E-state index contributed by atoms with van der Waals surface area (Å²) >= 11 is 3.80. The number of rotatable bonds is 8. The van der Waals surface area contributed by atoms with Crippen LogP contribution in [-0.4, -0.2) is 34.1 Å². The molecule has 1 aromatic carbocycles. The molecule has 0 aliphatic carbocycles. The van der Waals surface area contributed by atoms with Gasteiger partial charge in [-0.25, -0.2) is 0 Å². The summed E-state index contributed by atoms with van der Waals surface area (Å²) in [5.41, 5.74) is 1.06. The molecule has 0 saturated carbocycles. The van der Waals surface area contributed by atoms with Gasteiger partial charge in [0.1, 0.15) is 0 Å². The van der Waals surface area contributed by atoms with Crippen molar-refractivity contribution in [2.45, 2.75) is 20.8 Å². The molecule has 0 heterocycles. The van der Waals surface area contributed by atoms with Crippen LogP contribution in [0, 0.1) is 0 Å². The molecular weight excluding hydrogens is 449 g/mol. The van der Waals surface area contributed by atoms with Gasteiger partial charge in [-0.2, -0.15) is 0 Å². The first-order valence-corrected chi connectivity index (χ1v) is 11.8. The number of hydrogen-bond acceptors (Lipinski definition) is 3. The average Bonchev–Trinajstić information content (AvgIpc) is 2.47. The molecule has 6 heteroatoms. The van der Waals surface area contributed by atoms with Crippen LogP contribution in [0.2, 0.25) is 0 Å². The molecule has 1 rings (SSSR count). The van der Waals surface area contributed by atoms with Crippen LogP contribution in [0.3, 0.4) is 0 Å². The standard InChI is InChI=1S/C14H20Br2GeO3/c1-4-18-17(19-5-2,20-6-3)14(16)13(15)12-10-8-7-9-11-12/h7-11H,4-6H2,1-3H3/b14-13+. The Labute approximate surface area is 141 Å². The van der Waals surface area contributed by atoms with Gasteiger partial charge in [0.15, 0.2) is 0 Å². The Hall–Kier alpha value is 0.343. The van der Waals surface area contributed by atoms with Gasteiger partial charge in [-0.1, -0.05) is 0 Å². The Kier molecular flexibility index (Phi) is 8.62. The molecule has 0 aliphatic rings. The van der Waals surface area contributed by atoms with Crippen molar-refractivity contribution in [2.75, 3.05) is 19.8 Å². The van der Waals surface area contributed by atoms with Gasteiger partial charge in [0.25, 0.3) is 0 Å². The second-order valence-electron chi connectivity index (χ2n) is 3.85. The zero-order valence-electron chi connectivity index (χ0n) is 12.0. The van der Waals surface area contributed by atoms with E-state index in [1.807, 2.05) is 51.1 Å². The van der Waals surface area contributed by atoms with Crippen LogP contribution in [0.1, 0.15) is 26.3 Å². The maximum absolute atomic E-state index is 5.92. The minimum atomic E-state index is -3.48. The fourth-order valence-corrected chi connectivity index (χ4v) is 9.85. The van der Waals surface area contributed by atoms with Gasteiger partial charge in [0.2, 0.25) is 0 Å². The van der Waals surface area contributed by atoms with Crippen LogP contribution in [0.25, 0.3) is 4.48 Å². The molecule has 0 fully saturated rings. The van der Waals surface area contributed by atoms with Gasteiger partial charge in [0.05, 0.1) is 0 Å². The van der Waals surface area contributed by atoms with Crippen molar-refractivity contribution < 1.29 is 11.3 Å². The maximum atomic E-state index is 5.92. The SMILES string of the molecule is CC[O][Ge]([O]CC)([O]CC)/[C](Br)=C(/Br)c1ccccc1. The normalized spacial score (nSPS) is 13.2. The van der Waals surface area contributed by atoms with Gasteiger partial charge in [0, 0.05) is 0 Å². The molecule has 0 N–H and O–H groups in total. The summed E-state index contributed by atoms with van der Waals surface area (Å²) in [6.07, 6.45) is 0. The zero-order valence-corrected chi connectivity index (χ0v) is 17.3. The molecule has 0 amide bonds. The van der Waals surface area contributed by atoms with E-state index in [-0.39, 0.29) is 0 Å². The van der Waals surface area contributed by atoms with Gasteiger partial charge in [-0.3, -0.25) is 0 Å². The minimum absolute atomic E-state index is 0.560. The molecule has 0 aromatic heterocycles. The molecule has 0 aliphatic heterocycles. The van der Waals surface area contributed by atoms with Crippen LogP contribution in [0.15, 0.2) is 33.6 Å². The Morgan fingerprint density at radius 2 is 1.35 bits per heavy atom. The van der Waals surface area contributed by atoms with E-state index >= 15 is 0 Å². The summed E-state index contributed by atoms with van der Waals surface area (Å²) in [5, 5.41) is 0. The van der Waals surface area contributed by atoms with E-state index in [9.17, 15) is 0 Å². The van der Waals surface area contributed by atoms with Crippen LogP contribution in [0.5, 0.6) is 0 Å². The molecule has 0 unspecified atom stereocenters. The van der Waals surface area contributed by atoms with E-state index < -0.39 is 14.3 Å². The monoisotopic (exact) mass is 468 g/mol. The van der Waals surface area contributed by atoms with Crippen molar-refractivity contribution in [1.29, 1.82) is 0 Å². The molecule has 0 atom stereocenters. The van der Waals surface area contributed by atoms with Gasteiger partial charge in [-0.05, 0) is 0 Å². The van der Waals surface area contributed by atoms with Crippen molar-refractivity contribution in [1.82, 2.24) is 0 Å². The first-order valence-electron chi connectivity index (χ1n) is 6.64. The van der Waals surface area contributed by atoms with Crippen LogP contribution in [0.4, 0.5) is 0 Å². The molecule has 0 spiro atoms. The molecule has 1 aromatic rings. The van der Waals surface area contributed by atoms with Crippen molar-refractivity contribution in [3.63, 3.8) is 0 Å². The predicted molar refractivity (Wildman–Crippen MR) is 91.8 cm³/mol. The number of hydrogen-bond donors (Lipinski definition) is 0. The van der Waals surface area contributed by atoms with Crippen LogP contribution >= 0.6 is 31.9 Å². The van der Waals surface area contributed by atoms with Gasteiger partial charge >= 0.3 is 142 Å². The molecule has 112 valence electrons. The summed E-state index contributed by atoms with van der Waals surface area (Å²) in [7, 11) is 0. The molecular formula is C14H20Br2GeO3. The number of benzene rings is 1. The third-order valence-electron chi connectivity index (χ3n) is 2.49. The molecule has 0 radical (unpaired) electrons. The second-order valence-corrected chi connectivity index (χ2v) is 12.2. The van der Waals surface area contributed by atoms with E-state index in [1.165, 1.54) is 0 Å². The molecule has 3 nitrogen and oxygen atoms in total. The molecule has 0 bridgehead atoms. The van der Waals surface area contributed by atoms with E-state index in [4.69, 9.17) is 11.3 Å². The van der Waals surface area contributed by atoms with Crippen molar-refractivity contribution in [3.8, 4) is 0 Å². The Balaban J connectivity index is 3.22. The van der Waals surface area contributed by atoms with Crippen molar-refractivity contribution >= 4 is 50.6 Å². The van der Waals surface area contributed by atoms with E-state index in [0.717, 1.165) is 13.4 Å². The van der Waals surface area contributed by atoms with Crippen LogP contribution in [-0.2, 0) is 11.3 Å². The third kappa shape index (κ3) is 4.68. The van der Waals surface area contributed by atoms with Crippen LogP contribution < -0.4 is 0 Å². The molecule has 20 heavy (non-hydrogen) atoms. The first kappa shape index (κ1) is 18.4. The third-order valence-corrected chi connectivity index (χ3v) is 13.4.